The summed E-state index contributed by atoms with van der Waals surface area (Å²) in [6, 6.07) is 24.6. The minimum absolute atomic E-state index is 0.158. The molecule has 27 heavy (non-hydrogen) atoms. The lowest BCUT2D eigenvalue weighted by atomic mass is 10.0. The van der Waals surface area contributed by atoms with Crippen LogP contribution in [0, 0.1) is 13.0 Å². The van der Waals surface area contributed by atoms with Gasteiger partial charge in [0.15, 0.2) is 0 Å². The fourth-order valence-corrected chi connectivity index (χ4v) is 3.15. The summed E-state index contributed by atoms with van der Waals surface area (Å²) >= 11 is 0. The van der Waals surface area contributed by atoms with Gasteiger partial charge in [-0.05, 0) is 47.9 Å². The molecule has 0 atom stereocenters. The topological polar surface area (TPSA) is 14.2 Å². The molecule has 1 aromatic heterocycles. The number of aryl methyl sites for hydroxylation is 1. The molecule has 0 spiro atoms. The van der Waals surface area contributed by atoms with E-state index < -0.39 is 6.61 Å². The quantitative estimate of drug-likeness (QED) is 0.420. The summed E-state index contributed by atoms with van der Waals surface area (Å²) in [4.78, 5) is 0. The molecule has 4 aromatic rings. The van der Waals surface area contributed by atoms with Crippen molar-refractivity contribution < 1.29 is 13.5 Å². The number of rotatable bonds is 5. The number of halogens is 2. The molecule has 4 heteroatoms. The largest absolute Gasteiger partial charge is 0.435 e. The molecule has 0 aliphatic carbocycles. The van der Waals surface area contributed by atoms with Crippen molar-refractivity contribution in [1.82, 2.24) is 4.57 Å². The van der Waals surface area contributed by atoms with Gasteiger partial charge in [-0.3, -0.25) is 0 Å². The van der Waals surface area contributed by atoms with Crippen LogP contribution in [0.3, 0.4) is 0 Å². The van der Waals surface area contributed by atoms with Crippen molar-refractivity contribution in [3.8, 4) is 16.9 Å². The zero-order valence-electron chi connectivity index (χ0n) is 14.8. The summed E-state index contributed by atoms with van der Waals surface area (Å²) < 4.78 is 31.1. The number of ether oxygens (including phenoxy) is 1. The van der Waals surface area contributed by atoms with E-state index in [9.17, 15) is 8.78 Å². The summed E-state index contributed by atoms with van der Waals surface area (Å²) in [6.07, 6.45) is 1.97. The molecule has 0 saturated heterocycles. The Morgan fingerprint density at radius 2 is 1.63 bits per heavy atom. The standard InChI is InChI=1S/C23H18F2NO/c1-16-2-4-17(5-3-16)15-26-13-12-20-14-19(8-11-22(20)26)18-6-9-21(10-7-18)27-23(24)25/h2-11,13-14,23H,15H2,1H3. The van der Waals surface area contributed by atoms with Crippen molar-refractivity contribution >= 4 is 10.9 Å². The number of hydrogen-bond donors (Lipinski definition) is 0. The van der Waals surface area contributed by atoms with Crippen molar-refractivity contribution in [2.45, 2.75) is 20.1 Å². The second-order valence-electron chi connectivity index (χ2n) is 6.52. The average molecular weight is 362 g/mol. The third-order valence-corrected chi connectivity index (χ3v) is 4.57. The van der Waals surface area contributed by atoms with E-state index in [0.717, 1.165) is 28.6 Å². The average Bonchev–Trinajstić information content (AvgIpc) is 3.06. The van der Waals surface area contributed by atoms with Crippen LogP contribution in [0.4, 0.5) is 8.78 Å². The van der Waals surface area contributed by atoms with E-state index in [2.05, 4.69) is 58.7 Å². The molecular weight excluding hydrogens is 344 g/mol. The van der Waals surface area contributed by atoms with E-state index in [1.165, 1.54) is 11.1 Å². The maximum atomic E-state index is 12.3. The predicted octanol–water partition coefficient (Wildman–Crippen LogP) is 6.07. The Bertz CT molecular complexity index is 1050. The third kappa shape index (κ3) is 3.85. The smallest absolute Gasteiger partial charge is 0.387 e. The monoisotopic (exact) mass is 362 g/mol. The van der Waals surface area contributed by atoms with E-state index in [4.69, 9.17) is 0 Å². The Morgan fingerprint density at radius 1 is 0.926 bits per heavy atom. The molecule has 0 fully saturated rings. The first-order chi connectivity index (χ1) is 13.1. The first kappa shape index (κ1) is 17.3. The molecule has 2 nitrogen and oxygen atoms in total. The third-order valence-electron chi connectivity index (χ3n) is 4.57. The molecule has 0 saturated carbocycles. The molecule has 4 rings (SSSR count). The highest BCUT2D eigenvalue weighted by atomic mass is 19.3. The summed E-state index contributed by atoms with van der Waals surface area (Å²) in [6.45, 7) is 0.0605. The van der Waals surface area contributed by atoms with Gasteiger partial charge >= 0.3 is 6.61 Å². The molecule has 1 radical (unpaired) electrons. The maximum absolute atomic E-state index is 12.3. The highest BCUT2D eigenvalue weighted by molar-refractivity contribution is 5.85. The summed E-state index contributed by atoms with van der Waals surface area (Å²) in [5.41, 5.74) is 5.55. The Balaban J connectivity index is 1.59. The van der Waals surface area contributed by atoms with Crippen LogP contribution in [0.5, 0.6) is 5.75 Å². The van der Waals surface area contributed by atoms with E-state index in [-0.39, 0.29) is 5.75 Å². The molecule has 3 aromatic carbocycles. The number of alkyl halides is 2. The lowest BCUT2D eigenvalue weighted by Gasteiger charge is -2.08. The van der Waals surface area contributed by atoms with Gasteiger partial charge in [-0.25, -0.2) is 0 Å². The minimum Gasteiger partial charge on any atom is -0.435 e. The number of aromatic nitrogens is 1. The summed E-state index contributed by atoms with van der Waals surface area (Å²) in [5.74, 6) is 0.158. The highest BCUT2D eigenvalue weighted by Gasteiger charge is 2.07. The lowest BCUT2D eigenvalue weighted by Crippen LogP contribution is -2.01. The predicted molar refractivity (Wildman–Crippen MR) is 103 cm³/mol. The molecule has 0 N–H and O–H groups in total. The van der Waals surface area contributed by atoms with Gasteiger partial charge in [0.2, 0.25) is 0 Å². The van der Waals surface area contributed by atoms with Crippen molar-refractivity contribution in [2.24, 2.45) is 0 Å². The minimum atomic E-state index is -2.81. The fraction of sp³-hybridized carbons (Fsp3) is 0.130. The van der Waals surface area contributed by atoms with Crippen LogP contribution in [0.1, 0.15) is 11.1 Å². The van der Waals surface area contributed by atoms with Crippen molar-refractivity contribution in [3.63, 3.8) is 0 Å². The Labute approximate surface area is 156 Å². The number of fused-ring (bicyclic) bond motifs is 1. The molecule has 0 amide bonds. The van der Waals surface area contributed by atoms with Gasteiger partial charge in [-0.15, -0.1) is 0 Å². The zero-order chi connectivity index (χ0) is 18.8. The SMILES string of the molecule is Cc1ccc(Cn2c[c]c3cc(-c4ccc(OC(F)F)cc4)ccc32)cc1. The number of hydrogen-bond acceptors (Lipinski definition) is 1. The molecule has 0 unspecified atom stereocenters. The van der Waals surface area contributed by atoms with Gasteiger partial charge in [0, 0.05) is 29.7 Å². The molecule has 0 bridgehead atoms. The van der Waals surface area contributed by atoms with Gasteiger partial charge in [0.1, 0.15) is 5.75 Å². The summed E-state index contributed by atoms with van der Waals surface area (Å²) in [5, 5.41) is 1.02. The molecule has 1 heterocycles. The molecule has 0 aliphatic heterocycles. The lowest BCUT2D eigenvalue weighted by molar-refractivity contribution is -0.0498. The van der Waals surface area contributed by atoms with Crippen LogP contribution < -0.4 is 4.74 Å². The van der Waals surface area contributed by atoms with Crippen LogP contribution in [-0.4, -0.2) is 11.2 Å². The second kappa shape index (κ2) is 7.23. The molecule has 135 valence electrons. The van der Waals surface area contributed by atoms with Gasteiger partial charge in [-0.2, -0.15) is 8.78 Å². The Kier molecular flexibility index (Phi) is 4.63. The number of nitrogens with zero attached hydrogens (tertiary/aromatic N) is 1. The van der Waals surface area contributed by atoms with Crippen LogP contribution in [0.15, 0.2) is 72.9 Å². The highest BCUT2D eigenvalue weighted by Crippen LogP contribution is 2.27. The second-order valence-corrected chi connectivity index (χ2v) is 6.52. The molecular formula is C23H18F2NO. The van der Waals surface area contributed by atoms with Gasteiger partial charge in [0.25, 0.3) is 0 Å². The van der Waals surface area contributed by atoms with E-state index in [1.807, 2.05) is 12.3 Å². The van der Waals surface area contributed by atoms with Crippen molar-refractivity contribution in [3.05, 3.63) is 90.1 Å². The zero-order valence-corrected chi connectivity index (χ0v) is 14.8. The van der Waals surface area contributed by atoms with E-state index >= 15 is 0 Å². The van der Waals surface area contributed by atoms with Crippen LogP contribution >= 0.6 is 0 Å². The van der Waals surface area contributed by atoms with Crippen LogP contribution in [-0.2, 0) is 6.54 Å². The van der Waals surface area contributed by atoms with Crippen molar-refractivity contribution in [1.29, 1.82) is 0 Å². The van der Waals surface area contributed by atoms with Gasteiger partial charge in [-0.1, -0.05) is 48.0 Å². The van der Waals surface area contributed by atoms with Crippen LogP contribution in [0.25, 0.3) is 22.0 Å². The van der Waals surface area contributed by atoms with Gasteiger partial charge < -0.3 is 9.30 Å². The maximum Gasteiger partial charge on any atom is 0.387 e. The van der Waals surface area contributed by atoms with Crippen LogP contribution in [0.2, 0.25) is 0 Å². The Hall–Kier alpha value is -3.14. The normalized spacial score (nSPS) is 11.3. The molecule has 0 aliphatic rings. The van der Waals surface area contributed by atoms with E-state index in [0.29, 0.717) is 0 Å². The van der Waals surface area contributed by atoms with Gasteiger partial charge in [0.05, 0.1) is 0 Å². The number of benzene rings is 3. The van der Waals surface area contributed by atoms with E-state index in [1.54, 1.807) is 24.3 Å². The van der Waals surface area contributed by atoms with Crippen molar-refractivity contribution in [2.75, 3.05) is 0 Å². The Morgan fingerprint density at radius 3 is 2.33 bits per heavy atom. The summed E-state index contributed by atoms with van der Waals surface area (Å²) in [7, 11) is 0. The first-order valence-electron chi connectivity index (χ1n) is 8.70. The first-order valence-corrected chi connectivity index (χ1v) is 8.70. The fourth-order valence-electron chi connectivity index (χ4n) is 3.15.